The number of carbonyl (C=O) groups is 1. The van der Waals surface area contributed by atoms with E-state index in [1.165, 1.54) is 11.8 Å². The van der Waals surface area contributed by atoms with Gasteiger partial charge in [-0.1, -0.05) is 36.4 Å². The van der Waals surface area contributed by atoms with Crippen LogP contribution >= 0.6 is 11.8 Å². The van der Waals surface area contributed by atoms with Gasteiger partial charge in [0.05, 0.1) is 12.4 Å². The predicted octanol–water partition coefficient (Wildman–Crippen LogP) is 4.46. The molecule has 0 spiro atoms. The Kier molecular flexibility index (Phi) is 6.14. The van der Waals surface area contributed by atoms with Gasteiger partial charge in [0, 0.05) is 12.1 Å². The molecule has 0 bridgehead atoms. The zero-order chi connectivity index (χ0) is 20.1. The second-order valence-corrected chi connectivity index (χ2v) is 8.02. The lowest BCUT2D eigenvalue weighted by Gasteiger charge is -2.20. The molecule has 1 atom stereocenters. The van der Waals surface area contributed by atoms with Crippen molar-refractivity contribution in [2.45, 2.75) is 42.7 Å². The number of Topliss-reactive ketones (excluding diaryl/α,β-unsaturated/α-hetero) is 1. The molecular formula is C22H23N3O3S. The molecule has 1 heterocycles. The highest BCUT2D eigenvalue weighted by Gasteiger charge is 2.26. The number of ketones is 1. The maximum absolute atomic E-state index is 12.3. The summed E-state index contributed by atoms with van der Waals surface area (Å²) in [6, 6.07) is 17.4. The van der Waals surface area contributed by atoms with Gasteiger partial charge in [0.1, 0.15) is 23.9 Å². The van der Waals surface area contributed by atoms with Crippen LogP contribution in [-0.4, -0.2) is 32.9 Å². The maximum atomic E-state index is 12.3. The quantitative estimate of drug-likeness (QED) is 0.574. The summed E-state index contributed by atoms with van der Waals surface area (Å²) in [5.74, 6) is 2.50. The third kappa shape index (κ3) is 4.62. The zero-order valence-corrected chi connectivity index (χ0v) is 17.1. The smallest absolute Gasteiger partial charge is 0.196 e. The first-order valence-electron chi connectivity index (χ1n) is 9.70. The normalized spacial score (nSPS) is 16.6. The van der Waals surface area contributed by atoms with E-state index in [1.54, 1.807) is 7.11 Å². The van der Waals surface area contributed by atoms with E-state index in [-0.39, 0.29) is 11.9 Å². The molecule has 4 rings (SSSR count). The summed E-state index contributed by atoms with van der Waals surface area (Å²) in [6.45, 7) is 0.271. The second-order valence-electron chi connectivity index (χ2n) is 6.85. The molecule has 0 saturated heterocycles. The van der Waals surface area contributed by atoms with Gasteiger partial charge in [-0.15, -0.1) is 10.2 Å². The van der Waals surface area contributed by atoms with Crippen molar-refractivity contribution < 1.29 is 14.3 Å². The lowest BCUT2D eigenvalue weighted by atomic mass is 9.99. The first kappa shape index (κ1) is 19.5. The summed E-state index contributed by atoms with van der Waals surface area (Å²) in [5, 5.41) is 9.42. The Balaban J connectivity index is 1.57. The Labute approximate surface area is 174 Å². The molecule has 1 unspecified atom stereocenters. The number of rotatable bonds is 7. The number of para-hydroxylation sites is 1. The Morgan fingerprint density at radius 2 is 1.79 bits per heavy atom. The van der Waals surface area contributed by atoms with E-state index in [4.69, 9.17) is 9.47 Å². The van der Waals surface area contributed by atoms with Gasteiger partial charge in [-0.05, 0) is 49.2 Å². The molecule has 1 aliphatic carbocycles. The number of ether oxygens (including phenoxy) is 2. The summed E-state index contributed by atoms with van der Waals surface area (Å²) < 4.78 is 13.1. The molecule has 1 saturated carbocycles. The minimum absolute atomic E-state index is 0.0502. The van der Waals surface area contributed by atoms with Crippen LogP contribution < -0.4 is 9.47 Å². The van der Waals surface area contributed by atoms with Crippen LogP contribution in [0.1, 0.15) is 31.5 Å². The van der Waals surface area contributed by atoms with Crippen molar-refractivity contribution in [1.29, 1.82) is 0 Å². The number of aromatic nitrogens is 3. The van der Waals surface area contributed by atoms with Gasteiger partial charge in [-0.3, -0.25) is 9.36 Å². The Morgan fingerprint density at radius 3 is 2.52 bits per heavy atom. The number of hydrogen-bond donors (Lipinski definition) is 0. The molecule has 0 amide bonds. The van der Waals surface area contributed by atoms with Crippen LogP contribution in [0, 0.1) is 0 Å². The Morgan fingerprint density at radius 1 is 1.03 bits per heavy atom. The SMILES string of the molecule is COc1ccc(OCc2nnc(SC3CCCCC3=O)n2-c2ccccc2)cc1. The standard InChI is InChI=1S/C22H23N3O3S/c1-27-17-11-13-18(14-12-17)28-15-21-23-24-22(25(21)16-7-3-2-4-8-16)29-20-10-6-5-9-19(20)26/h2-4,7-8,11-14,20H,5-6,9-10,15H2,1H3. The molecule has 1 aliphatic rings. The molecule has 0 aliphatic heterocycles. The number of thioether (sulfide) groups is 1. The van der Waals surface area contributed by atoms with Crippen molar-refractivity contribution in [3.8, 4) is 17.2 Å². The fourth-order valence-corrected chi connectivity index (χ4v) is 4.52. The summed E-state index contributed by atoms with van der Waals surface area (Å²) in [6.07, 6.45) is 3.62. The molecule has 29 heavy (non-hydrogen) atoms. The summed E-state index contributed by atoms with van der Waals surface area (Å²) in [7, 11) is 1.63. The van der Waals surface area contributed by atoms with Crippen molar-refractivity contribution in [2.75, 3.05) is 7.11 Å². The topological polar surface area (TPSA) is 66.2 Å². The fraction of sp³-hybridized carbons (Fsp3) is 0.318. The second kappa shape index (κ2) is 9.13. The van der Waals surface area contributed by atoms with Crippen molar-refractivity contribution in [2.24, 2.45) is 0 Å². The van der Waals surface area contributed by atoms with Crippen LogP contribution in [0.15, 0.2) is 59.8 Å². The van der Waals surface area contributed by atoms with Gasteiger partial charge in [0.15, 0.2) is 11.0 Å². The predicted molar refractivity (Wildman–Crippen MR) is 112 cm³/mol. The first-order valence-corrected chi connectivity index (χ1v) is 10.6. The monoisotopic (exact) mass is 409 g/mol. The largest absolute Gasteiger partial charge is 0.497 e. The van der Waals surface area contributed by atoms with Gasteiger partial charge >= 0.3 is 0 Å². The molecule has 1 fully saturated rings. The molecule has 1 aromatic heterocycles. The zero-order valence-electron chi connectivity index (χ0n) is 16.3. The molecule has 150 valence electrons. The number of methoxy groups -OCH3 is 1. The van der Waals surface area contributed by atoms with Crippen LogP contribution in [-0.2, 0) is 11.4 Å². The average molecular weight is 410 g/mol. The van der Waals surface area contributed by atoms with Crippen LogP contribution in [0.25, 0.3) is 5.69 Å². The fourth-order valence-electron chi connectivity index (χ4n) is 3.33. The van der Waals surface area contributed by atoms with Gasteiger partial charge < -0.3 is 9.47 Å². The van der Waals surface area contributed by atoms with Gasteiger partial charge in [-0.25, -0.2) is 0 Å². The van der Waals surface area contributed by atoms with E-state index in [0.29, 0.717) is 18.0 Å². The van der Waals surface area contributed by atoms with Gasteiger partial charge in [-0.2, -0.15) is 0 Å². The van der Waals surface area contributed by atoms with Crippen molar-refractivity contribution >= 4 is 17.5 Å². The van der Waals surface area contributed by atoms with Gasteiger partial charge in [0.2, 0.25) is 0 Å². The lowest BCUT2D eigenvalue weighted by Crippen LogP contribution is -2.22. The summed E-state index contributed by atoms with van der Waals surface area (Å²) in [5.41, 5.74) is 0.955. The van der Waals surface area contributed by atoms with E-state index in [1.807, 2.05) is 59.2 Å². The van der Waals surface area contributed by atoms with Crippen LogP contribution in [0.4, 0.5) is 0 Å². The van der Waals surface area contributed by atoms with Crippen LogP contribution in [0.3, 0.4) is 0 Å². The highest BCUT2D eigenvalue weighted by atomic mass is 32.2. The molecule has 2 aromatic carbocycles. The van der Waals surface area contributed by atoms with Crippen LogP contribution in [0.2, 0.25) is 0 Å². The number of benzene rings is 2. The van der Waals surface area contributed by atoms with E-state index in [0.717, 1.165) is 41.6 Å². The van der Waals surface area contributed by atoms with Crippen molar-refractivity contribution in [3.63, 3.8) is 0 Å². The van der Waals surface area contributed by atoms with Crippen molar-refractivity contribution in [3.05, 3.63) is 60.4 Å². The van der Waals surface area contributed by atoms with Crippen LogP contribution in [0.5, 0.6) is 11.5 Å². The molecular weight excluding hydrogens is 386 g/mol. The average Bonchev–Trinajstić information content (AvgIpc) is 3.17. The van der Waals surface area contributed by atoms with Crippen molar-refractivity contribution in [1.82, 2.24) is 14.8 Å². The third-order valence-corrected chi connectivity index (χ3v) is 6.15. The summed E-state index contributed by atoms with van der Waals surface area (Å²) >= 11 is 1.51. The molecule has 0 radical (unpaired) electrons. The van der Waals surface area contributed by atoms with E-state index in [9.17, 15) is 4.79 Å². The first-order chi connectivity index (χ1) is 14.2. The highest BCUT2D eigenvalue weighted by Crippen LogP contribution is 2.32. The minimum Gasteiger partial charge on any atom is -0.497 e. The van der Waals surface area contributed by atoms with E-state index >= 15 is 0 Å². The molecule has 3 aromatic rings. The number of carbonyl (C=O) groups excluding carboxylic acids is 1. The van der Waals surface area contributed by atoms with E-state index in [2.05, 4.69) is 10.2 Å². The van der Waals surface area contributed by atoms with E-state index < -0.39 is 0 Å². The molecule has 7 heteroatoms. The van der Waals surface area contributed by atoms with Gasteiger partial charge in [0.25, 0.3) is 0 Å². The lowest BCUT2D eigenvalue weighted by molar-refractivity contribution is -0.119. The molecule has 6 nitrogen and oxygen atoms in total. The minimum atomic E-state index is -0.0502. The Bertz CT molecular complexity index is 957. The number of hydrogen-bond acceptors (Lipinski definition) is 6. The number of nitrogens with zero attached hydrogens (tertiary/aromatic N) is 3. The highest BCUT2D eigenvalue weighted by molar-refractivity contribution is 8.00. The Hall–Kier alpha value is -2.80. The maximum Gasteiger partial charge on any atom is 0.196 e. The summed E-state index contributed by atoms with van der Waals surface area (Å²) in [4.78, 5) is 12.3. The third-order valence-electron chi connectivity index (χ3n) is 4.89. The molecule has 0 N–H and O–H groups in total.